The molecule has 0 amide bonds. The Balaban J connectivity index is 1.39. The van der Waals surface area contributed by atoms with Gasteiger partial charge in [-0.1, -0.05) is 0 Å². The van der Waals surface area contributed by atoms with Gasteiger partial charge in [-0.05, 0) is 0 Å². The van der Waals surface area contributed by atoms with Gasteiger partial charge in [0.2, 0.25) is 0 Å². The predicted octanol–water partition coefficient (Wildman–Crippen LogP) is 13.0. The van der Waals surface area contributed by atoms with E-state index >= 15 is 0 Å². The monoisotopic (exact) mass is 863 g/mol. The summed E-state index contributed by atoms with van der Waals surface area (Å²) in [6.07, 6.45) is 11.6. The molecular formula is C52H51Cl2SiZr. The number of benzene rings is 6. The summed E-state index contributed by atoms with van der Waals surface area (Å²) >= 11 is -5.59. The second-order valence-electron chi connectivity index (χ2n) is 16.6. The van der Waals surface area contributed by atoms with Crippen LogP contribution in [0.2, 0.25) is 0 Å². The second-order valence-corrected chi connectivity index (χ2v) is 39.0. The summed E-state index contributed by atoms with van der Waals surface area (Å²) in [5, 5.41) is 2.99. The molecule has 281 valence electrons. The van der Waals surface area contributed by atoms with Crippen molar-refractivity contribution in [1.29, 1.82) is 0 Å². The first-order valence-electron chi connectivity index (χ1n) is 20.8. The maximum atomic E-state index is 9.35. The van der Waals surface area contributed by atoms with E-state index in [0.717, 1.165) is 38.5 Å². The zero-order valence-corrected chi connectivity index (χ0v) is 38.5. The Bertz CT molecular complexity index is 2420. The van der Waals surface area contributed by atoms with E-state index in [-0.39, 0.29) is 7.25 Å². The van der Waals surface area contributed by atoms with Crippen LogP contribution in [0.4, 0.5) is 0 Å². The van der Waals surface area contributed by atoms with Crippen LogP contribution in [0, 0.1) is 13.8 Å². The van der Waals surface area contributed by atoms with Gasteiger partial charge in [0.15, 0.2) is 0 Å². The number of rotatable bonds is 11. The Hall–Kier alpha value is -3.52. The molecule has 1 aliphatic heterocycles. The van der Waals surface area contributed by atoms with Crippen LogP contribution in [-0.2, 0) is 16.4 Å². The first-order valence-corrected chi connectivity index (χ1v) is 32.6. The Morgan fingerprint density at radius 2 is 1.02 bits per heavy atom. The van der Waals surface area contributed by atoms with Crippen molar-refractivity contribution in [2.45, 2.75) is 73.5 Å². The van der Waals surface area contributed by atoms with Crippen molar-refractivity contribution in [2.24, 2.45) is 0 Å². The third-order valence-corrected chi connectivity index (χ3v) is 36.0. The average Bonchev–Trinajstić information content (AvgIpc) is 3.92. The van der Waals surface area contributed by atoms with Crippen molar-refractivity contribution in [3.8, 4) is 33.4 Å². The molecule has 4 heteroatoms. The summed E-state index contributed by atoms with van der Waals surface area (Å²) in [5.41, 5.74) is 18.7. The van der Waals surface area contributed by atoms with Gasteiger partial charge in [0, 0.05) is 0 Å². The standard InChI is InChI=1S/2C20H21.C12H9Si.2ClH.Zr/c2*1-3-4-8-16-13-18-12-11-15(2)20(19(18)14-16)17-9-6-5-7-10-17;1-3-7-11-9(5-1)10-6-2-4-8-12(10)13-11;;;/h2*5-7,9-14H,3-4,8H2,1-2H3;1-7H,13H2;2*1H;/q;;;;;+2/p-2. The molecular weight excluding hydrogens is 815 g/mol. The van der Waals surface area contributed by atoms with Gasteiger partial charge in [0.25, 0.3) is 0 Å². The van der Waals surface area contributed by atoms with Crippen LogP contribution in [0.3, 0.4) is 0 Å². The van der Waals surface area contributed by atoms with Crippen LogP contribution in [0.15, 0.2) is 139 Å². The minimum atomic E-state index is -5.59. The van der Waals surface area contributed by atoms with Crippen LogP contribution in [0.5, 0.6) is 0 Å². The van der Waals surface area contributed by atoms with E-state index in [1.807, 2.05) is 0 Å². The van der Waals surface area contributed by atoms with E-state index in [9.17, 15) is 17.0 Å². The van der Waals surface area contributed by atoms with Crippen molar-refractivity contribution >= 4 is 52.3 Å². The zero-order valence-electron chi connectivity index (χ0n) is 33.1. The van der Waals surface area contributed by atoms with E-state index in [1.165, 1.54) is 91.6 Å². The maximum absolute atomic E-state index is 9.35. The van der Waals surface area contributed by atoms with Crippen LogP contribution >= 0.6 is 17.0 Å². The van der Waals surface area contributed by atoms with Crippen LogP contribution in [-0.4, -0.2) is 9.52 Å². The first-order chi connectivity index (χ1) is 27.2. The summed E-state index contributed by atoms with van der Waals surface area (Å²) in [6.45, 7) is 9.15. The van der Waals surface area contributed by atoms with Gasteiger partial charge in [0.05, 0.1) is 0 Å². The summed E-state index contributed by atoms with van der Waals surface area (Å²) in [5.74, 6) is 0. The van der Waals surface area contributed by atoms with Crippen LogP contribution < -0.4 is 13.6 Å². The van der Waals surface area contributed by atoms with E-state index < -0.39 is 25.9 Å². The molecule has 0 nitrogen and oxygen atoms in total. The van der Waals surface area contributed by atoms with Crippen molar-refractivity contribution in [3.63, 3.8) is 0 Å². The molecule has 6 aromatic rings. The summed E-state index contributed by atoms with van der Waals surface area (Å²) in [7, 11) is 17.9. The van der Waals surface area contributed by atoms with Gasteiger partial charge < -0.3 is 0 Å². The topological polar surface area (TPSA) is 0 Å². The predicted molar refractivity (Wildman–Crippen MR) is 245 cm³/mol. The Morgan fingerprint density at radius 3 is 1.54 bits per heavy atom. The first kappa shape index (κ1) is 38.0. The van der Waals surface area contributed by atoms with Crippen LogP contribution in [0.25, 0.3) is 45.5 Å². The van der Waals surface area contributed by atoms with E-state index in [0.29, 0.717) is 0 Å². The van der Waals surface area contributed by atoms with Crippen molar-refractivity contribution in [1.82, 2.24) is 0 Å². The summed E-state index contributed by atoms with van der Waals surface area (Å²) in [4.78, 5) is 0. The molecule has 2 atom stereocenters. The fourth-order valence-electron chi connectivity index (χ4n) is 10.7. The number of hydrogen-bond donors (Lipinski definition) is 0. The molecule has 9 rings (SSSR count). The Labute approximate surface area is 344 Å². The fourth-order valence-corrected chi connectivity index (χ4v) is 38.7. The Kier molecular flexibility index (Phi) is 10.2. The molecule has 2 unspecified atom stereocenters. The van der Waals surface area contributed by atoms with Gasteiger partial charge in [-0.25, -0.2) is 0 Å². The van der Waals surface area contributed by atoms with E-state index in [4.69, 9.17) is 0 Å². The van der Waals surface area contributed by atoms with Gasteiger partial charge in [-0.3, -0.25) is 0 Å². The molecule has 2 aliphatic carbocycles. The molecule has 0 bridgehead atoms. The zero-order chi connectivity index (χ0) is 38.6. The molecule has 3 aliphatic rings. The van der Waals surface area contributed by atoms with E-state index in [2.05, 4.69) is 167 Å². The number of halogens is 2. The molecule has 0 radical (unpaired) electrons. The summed E-state index contributed by atoms with van der Waals surface area (Å²) < 4.78 is 1.20. The Morgan fingerprint density at radius 1 is 0.536 bits per heavy atom. The molecule has 56 heavy (non-hydrogen) atoms. The number of unbranched alkanes of at least 4 members (excludes halogenated alkanes) is 2. The molecule has 0 saturated carbocycles. The third-order valence-electron chi connectivity index (χ3n) is 13.2. The summed E-state index contributed by atoms with van der Waals surface area (Å²) in [6, 6.07) is 47.6. The van der Waals surface area contributed by atoms with Gasteiger partial charge in [-0.15, -0.1) is 0 Å². The number of aryl methyl sites for hydroxylation is 2. The molecule has 0 N–H and O–H groups in total. The number of hydrogen-bond acceptors (Lipinski definition) is 0. The molecule has 1 heterocycles. The molecule has 0 saturated heterocycles. The van der Waals surface area contributed by atoms with Gasteiger partial charge in [-0.2, -0.15) is 0 Å². The quantitative estimate of drug-likeness (QED) is 0.114. The van der Waals surface area contributed by atoms with Gasteiger partial charge in [0.1, 0.15) is 0 Å². The number of fused-ring (bicyclic) bond motifs is 5. The molecule has 6 aromatic carbocycles. The van der Waals surface area contributed by atoms with Gasteiger partial charge >= 0.3 is 348 Å². The normalized spacial score (nSPS) is 17.8. The third kappa shape index (κ3) is 6.00. The minimum absolute atomic E-state index is 0.0592. The van der Waals surface area contributed by atoms with E-state index in [1.54, 1.807) is 0 Å². The SMILES string of the molecule is CCCCC1=Cc2c(ccc(C)c2-c2ccccc2)[CH]1[Zr]([Cl])([Cl])([c]1cccc2c1[SiH2]c1ccccc1-2)[CH]1C(CCCC)=Cc2c1ccc(C)c2-c1ccccc1. The van der Waals surface area contributed by atoms with Crippen LogP contribution in [0.1, 0.15) is 93.0 Å². The molecule has 0 fully saturated rings. The fraction of sp³-hybridized carbons (Fsp3) is 0.231. The number of allylic oxidation sites excluding steroid dienone is 2. The molecule has 0 spiro atoms. The van der Waals surface area contributed by atoms with Crippen molar-refractivity contribution in [2.75, 3.05) is 0 Å². The molecule has 0 aromatic heterocycles. The average molecular weight is 866 g/mol. The second kappa shape index (κ2) is 15.0. The van der Waals surface area contributed by atoms with Crippen molar-refractivity contribution in [3.05, 3.63) is 172 Å². The van der Waals surface area contributed by atoms with Crippen molar-refractivity contribution < 1.29 is 16.4 Å².